The van der Waals surface area contributed by atoms with Crippen LogP contribution in [0.3, 0.4) is 0 Å². The topological polar surface area (TPSA) is 29.3 Å². The predicted octanol–water partition coefficient (Wildman–Crippen LogP) is 3.16. The number of nitrogens with zero attached hydrogens (tertiary/aromatic N) is 1. The van der Waals surface area contributed by atoms with Crippen molar-refractivity contribution in [1.82, 2.24) is 4.90 Å². The predicted molar refractivity (Wildman–Crippen MR) is 71.6 cm³/mol. The quantitative estimate of drug-likeness (QED) is 0.780. The van der Waals surface area contributed by atoms with E-state index in [1.54, 1.807) is 0 Å². The summed E-state index contributed by atoms with van der Waals surface area (Å²) in [6.07, 6.45) is 10.6. The molecule has 2 nitrogen and oxygen atoms in total. The highest BCUT2D eigenvalue weighted by molar-refractivity contribution is 4.83. The summed E-state index contributed by atoms with van der Waals surface area (Å²) >= 11 is 0. The van der Waals surface area contributed by atoms with Crippen LogP contribution in [0.25, 0.3) is 0 Å². The summed E-state index contributed by atoms with van der Waals surface area (Å²) in [5, 5.41) is 0. The molecular formula is C14H30N2. The number of nitrogens with two attached hydrogens (primary N) is 1. The Kier molecular flexibility index (Phi) is 7.06. The molecule has 2 N–H and O–H groups in total. The van der Waals surface area contributed by atoms with Crippen LogP contribution in [0.4, 0.5) is 0 Å². The van der Waals surface area contributed by atoms with Crippen molar-refractivity contribution in [2.45, 2.75) is 77.3 Å². The largest absolute Gasteiger partial charge is 0.326 e. The normalized spacial score (nSPS) is 27.8. The average Bonchev–Trinajstić information content (AvgIpc) is 2.24. The van der Waals surface area contributed by atoms with Gasteiger partial charge in [0.15, 0.2) is 0 Å². The van der Waals surface area contributed by atoms with Gasteiger partial charge in [-0.25, -0.2) is 0 Å². The minimum Gasteiger partial charge on any atom is -0.326 e. The molecule has 1 fully saturated rings. The maximum Gasteiger partial charge on any atom is 0.0247 e. The molecule has 0 amide bonds. The molecule has 0 aromatic heterocycles. The molecule has 0 heterocycles. The van der Waals surface area contributed by atoms with Gasteiger partial charge in [-0.3, -0.25) is 4.90 Å². The summed E-state index contributed by atoms with van der Waals surface area (Å²) in [6, 6.07) is 1.07. The van der Waals surface area contributed by atoms with Crippen molar-refractivity contribution in [3.63, 3.8) is 0 Å². The lowest BCUT2D eigenvalue weighted by molar-refractivity contribution is 0.148. The molecule has 0 saturated heterocycles. The second-order valence-electron chi connectivity index (χ2n) is 5.26. The highest BCUT2D eigenvalue weighted by Gasteiger charge is 2.24. The second kappa shape index (κ2) is 8.08. The highest BCUT2D eigenvalue weighted by Crippen LogP contribution is 2.21. The van der Waals surface area contributed by atoms with Gasteiger partial charge in [-0.15, -0.1) is 0 Å². The van der Waals surface area contributed by atoms with E-state index in [-0.39, 0.29) is 0 Å². The molecule has 1 saturated carbocycles. The van der Waals surface area contributed by atoms with Crippen LogP contribution < -0.4 is 5.73 Å². The van der Waals surface area contributed by atoms with E-state index >= 15 is 0 Å². The van der Waals surface area contributed by atoms with Crippen LogP contribution in [0, 0.1) is 0 Å². The van der Waals surface area contributed by atoms with Gasteiger partial charge in [-0.1, -0.05) is 39.5 Å². The van der Waals surface area contributed by atoms with Crippen molar-refractivity contribution >= 4 is 0 Å². The van der Waals surface area contributed by atoms with Gasteiger partial charge < -0.3 is 5.73 Å². The second-order valence-corrected chi connectivity index (χ2v) is 5.26. The Hall–Kier alpha value is -0.0800. The molecule has 2 heteroatoms. The van der Waals surface area contributed by atoms with Gasteiger partial charge in [0, 0.05) is 12.1 Å². The molecule has 0 aromatic rings. The van der Waals surface area contributed by atoms with Crippen LogP contribution in [-0.2, 0) is 0 Å². The lowest BCUT2D eigenvalue weighted by atomic mass is 9.91. The molecule has 0 aromatic carbocycles. The van der Waals surface area contributed by atoms with Gasteiger partial charge in [0.05, 0.1) is 0 Å². The molecule has 0 spiro atoms. The fourth-order valence-corrected chi connectivity index (χ4v) is 2.96. The van der Waals surface area contributed by atoms with Crippen molar-refractivity contribution in [2.75, 3.05) is 13.1 Å². The van der Waals surface area contributed by atoms with E-state index in [1.165, 1.54) is 64.5 Å². The zero-order valence-corrected chi connectivity index (χ0v) is 11.3. The third kappa shape index (κ3) is 4.42. The van der Waals surface area contributed by atoms with Crippen LogP contribution >= 0.6 is 0 Å². The number of hydrogen-bond acceptors (Lipinski definition) is 2. The lowest BCUT2D eigenvalue weighted by Crippen LogP contribution is -2.48. The van der Waals surface area contributed by atoms with Gasteiger partial charge >= 0.3 is 0 Å². The summed E-state index contributed by atoms with van der Waals surface area (Å²) in [5.41, 5.74) is 6.37. The molecule has 1 aliphatic carbocycles. The van der Waals surface area contributed by atoms with E-state index in [9.17, 15) is 0 Å². The van der Waals surface area contributed by atoms with E-state index in [1.807, 2.05) is 0 Å². The standard InChI is InChI=1S/C14H30N2/c1-3-11-16(12-4-2)14-10-8-6-5-7-9-13(14)15/h13-14H,3-12,15H2,1-2H3. The minimum atomic E-state index is 0.415. The van der Waals surface area contributed by atoms with Crippen LogP contribution in [0.1, 0.15) is 65.2 Å². The molecular weight excluding hydrogens is 196 g/mol. The van der Waals surface area contributed by atoms with Crippen LogP contribution in [0.15, 0.2) is 0 Å². The first-order valence-corrected chi connectivity index (χ1v) is 7.29. The molecule has 2 atom stereocenters. The van der Waals surface area contributed by atoms with E-state index in [2.05, 4.69) is 18.7 Å². The van der Waals surface area contributed by atoms with Crippen molar-refractivity contribution < 1.29 is 0 Å². The van der Waals surface area contributed by atoms with E-state index < -0.39 is 0 Å². The van der Waals surface area contributed by atoms with Crippen molar-refractivity contribution in [3.05, 3.63) is 0 Å². The first-order valence-electron chi connectivity index (χ1n) is 7.29. The molecule has 2 unspecified atom stereocenters. The Labute approximate surface area is 102 Å². The van der Waals surface area contributed by atoms with Gasteiger partial charge in [0.25, 0.3) is 0 Å². The Morgan fingerprint density at radius 1 is 0.938 bits per heavy atom. The molecule has 0 aliphatic heterocycles. The van der Waals surface area contributed by atoms with Crippen LogP contribution in [0.5, 0.6) is 0 Å². The summed E-state index contributed by atoms with van der Waals surface area (Å²) in [6.45, 7) is 7.01. The van der Waals surface area contributed by atoms with Gasteiger partial charge in [0.1, 0.15) is 0 Å². The van der Waals surface area contributed by atoms with Gasteiger partial charge in [-0.2, -0.15) is 0 Å². The van der Waals surface area contributed by atoms with Crippen molar-refractivity contribution in [1.29, 1.82) is 0 Å². The highest BCUT2D eigenvalue weighted by atomic mass is 15.2. The molecule has 0 radical (unpaired) electrons. The molecule has 16 heavy (non-hydrogen) atoms. The Morgan fingerprint density at radius 2 is 1.50 bits per heavy atom. The Morgan fingerprint density at radius 3 is 2.06 bits per heavy atom. The van der Waals surface area contributed by atoms with Crippen molar-refractivity contribution in [2.24, 2.45) is 5.73 Å². The van der Waals surface area contributed by atoms with Crippen LogP contribution in [-0.4, -0.2) is 30.1 Å². The first kappa shape index (κ1) is 14.0. The Balaban J connectivity index is 2.54. The zero-order chi connectivity index (χ0) is 11.8. The number of hydrogen-bond donors (Lipinski definition) is 1. The molecule has 1 rings (SSSR count). The van der Waals surface area contributed by atoms with Crippen molar-refractivity contribution in [3.8, 4) is 0 Å². The summed E-state index contributed by atoms with van der Waals surface area (Å²) in [4.78, 5) is 2.65. The monoisotopic (exact) mass is 226 g/mol. The first-order chi connectivity index (χ1) is 7.79. The van der Waals surface area contributed by atoms with Crippen LogP contribution in [0.2, 0.25) is 0 Å². The lowest BCUT2D eigenvalue weighted by Gasteiger charge is -2.36. The fourth-order valence-electron chi connectivity index (χ4n) is 2.96. The SMILES string of the molecule is CCCN(CCC)C1CCCCCCC1N. The third-order valence-electron chi connectivity index (χ3n) is 3.77. The minimum absolute atomic E-state index is 0.415. The molecule has 1 aliphatic rings. The average molecular weight is 226 g/mol. The van der Waals surface area contributed by atoms with E-state index in [0.717, 1.165) is 0 Å². The summed E-state index contributed by atoms with van der Waals surface area (Å²) in [5.74, 6) is 0. The smallest absolute Gasteiger partial charge is 0.0247 e. The maximum atomic E-state index is 6.37. The maximum absolute atomic E-state index is 6.37. The van der Waals surface area contributed by atoms with E-state index in [4.69, 9.17) is 5.73 Å². The summed E-state index contributed by atoms with van der Waals surface area (Å²) in [7, 11) is 0. The molecule has 96 valence electrons. The van der Waals surface area contributed by atoms with Gasteiger partial charge in [0.2, 0.25) is 0 Å². The number of rotatable bonds is 5. The fraction of sp³-hybridized carbons (Fsp3) is 1.00. The zero-order valence-electron chi connectivity index (χ0n) is 11.3. The van der Waals surface area contributed by atoms with Gasteiger partial charge in [-0.05, 0) is 38.8 Å². The Bertz CT molecular complexity index is 164. The molecule has 0 bridgehead atoms. The summed E-state index contributed by atoms with van der Waals surface area (Å²) < 4.78 is 0. The van der Waals surface area contributed by atoms with E-state index in [0.29, 0.717) is 12.1 Å². The third-order valence-corrected chi connectivity index (χ3v) is 3.77.